The molecule has 1 aliphatic rings. The highest BCUT2D eigenvalue weighted by Gasteiger charge is 2.18. The predicted octanol–water partition coefficient (Wildman–Crippen LogP) is 4.87. The van der Waals surface area contributed by atoms with E-state index in [1.165, 1.54) is 37.7 Å². The van der Waals surface area contributed by atoms with Crippen molar-refractivity contribution in [1.29, 1.82) is 0 Å². The van der Waals surface area contributed by atoms with Crippen LogP contribution in [0.3, 0.4) is 0 Å². The maximum absolute atomic E-state index is 5.48. The second-order valence-corrected chi connectivity index (χ2v) is 6.03. The molecule has 0 atom stereocenters. The summed E-state index contributed by atoms with van der Waals surface area (Å²) in [5.74, 6) is 1.65. The fraction of sp³-hybridized carbons (Fsp3) is 0.438. The second kappa shape index (κ2) is 5.74. The van der Waals surface area contributed by atoms with Gasteiger partial charge in [-0.15, -0.1) is 11.3 Å². The zero-order chi connectivity index (χ0) is 13.1. The molecule has 0 amide bonds. The third-order valence-electron chi connectivity index (χ3n) is 3.96. The molecule has 0 spiro atoms. The molecule has 0 aliphatic heterocycles. The molecular weight excluding hydrogens is 254 g/mol. The van der Waals surface area contributed by atoms with Gasteiger partial charge in [-0.25, -0.2) is 4.98 Å². The molecule has 3 rings (SSSR count). The van der Waals surface area contributed by atoms with Crippen molar-refractivity contribution < 1.29 is 4.74 Å². The molecule has 0 radical (unpaired) electrons. The van der Waals surface area contributed by atoms with Gasteiger partial charge in [0.2, 0.25) is 0 Å². The first-order chi connectivity index (χ1) is 9.38. The van der Waals surface area contributed by atoms with Crippen LogP contribution in [-0.2, 0) is 0 Å². The number of rotatable bonds is 3. The van der Waals surface area contributed by atoms with Crippen LogP contribution in [0.15, 0.2) is 29.8 Å². The highest BCUT2D eigenvalue weighted by molar-refractivity contribution is 7.13. The summed E-state index contributed by atoms with van der Waals surface area (Å²) in [5.41, 5.74) is 2.59. The van der Waals surface area contributed by atoms with Crippen molar-refractivity contribution in [3.63, 3.8) is 0 Å². The van der Waals surface area contributed by atoms with Crippen LogP contribution in [0.4, 0.5) is 0 Å². The molecule has 2 nitrogen and oxygen atoms in total. The summed E-state index contributed by atoms with van der Waals surface area (Å²) < 4.78 is 5.48. The van der Waals surface area contributed by atoms with Crippen molar-refractivity contribution in [2.24, 2.45) is 0 Å². The molecule has 1 heterocycles. The molecular formula is C16H19NOS. The molecule has 100 valence electrons. The maximum Gasteiger partial charge on any atom is 0.129 e. The first kappa shape index (κ1) is 12.7. The molecule has 1 aromatic carbocycles. The Morgan fingerprint density at radius 1 is 1.21 bits per heavy atom. The van der Waals surface area contributed by atoms with Gasteiger partial charge < -0.3 is 4.74 Å². The van der Waals surface area contributed by atoms with E-state index in [2.05, 4.69) is 23.2 Å². The van der Waals surface area contributed by atoms with Gasteiger partial charge in [0.15, 0.2) is 0 Å². The van der Waals surface area contributed by atoms with E-state index >= 15 is 0 Å². The number of methoxy groups -OCH3 is 1. The average Bonchev–Trinajstić information content (AvgIpc) is 3.01. The van der Waals surface area contributed by atoms with Crippen LogP contribution < -0.4 is 4.74 Å². The van der Waals surface area contributed by atoms with E-state index in [1.54, 1.807) is 18.4 Å². The van der Waals surface area contributed by atoms with E-state index < -0.39 is 0 Å². The number of hydrogen-bond acceptors (Lipinski definition) is 3. The number of nitrogens with zero attached hydrogens (tertiary/aromatic N) is 1. The van der Waals surface area contributed by atoms with E-state index in [4.69, 9.17) is 4.74 Å². The monoisotopic (exact) mass is 273 g/mol. The van der Waals surface area contributed by atoms with Gasteiger partial charge in [-0.1, -0.05) is 25.3 Å². The van der Waals surface area contributed by atoms with Gasteiger partial charge in [0.05, 0.1) is 12.7 Å². The molecule has 2 aromatic rings. The van der Waals surface area contributed by atoms with Gasteiger partial charge in [0.25, 0.3) is 0 Å². The van der Waals surface area contributed by atoms with Gasteiger partial charge >= 0.3 is 0 Å². The van der Waals surface area contributed by atoms with Gasteiger partial charge in [0, 0.05) is 11.6 Å². The van der Waals surface area contributed by atoms with Gasteiger partial charge in [0.1, 0.15) is 10.8 Å². The molecule has 1 saturated carbocycles. The number of hydrogen-bond donors (Lipinski definition) is 0. The Kier molecular flexibility index (Phi) is 3.83. The zero-order valence-electron chi connectivity index (χ0n) is 11.3. The van der Waals surface area contributed by atoms with Crippen LogP contribution in [0.2, 0.25) is 0 Å². The summed E-state index contributed by atoms with van der Waals surface area (Å²) in [6, 6.07) is 6.61. The SMILES string of the molecule is COc1ccc(C2CCCCC2)cc1-c1nccs1. The molecule has 19 heavy (non-hydrogen) atoms. The lowest BCUT2D eigenvalue weighted by Gasteiger charge is -2.22. The van der Waals surface area contributed by atoms with Gasteiger partial charge in [-0.2, -0.15) is 0 Å². The minimum Gasteiger partial charge on any atom is -0.496 e. The van der Waals surface area contributed by atoms with Crippen LogP contribution in [0, 0.1) is 0 Å². The lowest BCUT2D eigenvalue weighted by Crippen LogP contribution is -2.04. The molecule has 0 saturated heterocycles. The van der Waals surface area contributed by atoms with Crippen molar-refractivity contribution in [3.05, 3.63) is 35.3 Å². The Balaban J connectivity index is 1.97. The smallest absolute Gasteiger partial charge is 0.129 e. The molecule has 1 aliphatic carbocycles. The van der Waals surface area contributed by atoms with Gasteiger partial charge in [-0.05, 0) is 36.5 Å². The molecule has 1 aromatic heterocycles. The van der Waals surface area contributed by atoms with Crippen molar-refractivity contribution in [1.82, 2.24) is 4.98 Å². The Morgan fingerprint density at radius 2 is 2.05 bits per heavy atom. The summed E-state index contributed by atoms with van der Waals surface area (Å²) in [4.78, 5) is 4.42. The van der Waals surface area contributed by atoms with E-state index in [1.807, 2.05) is 11.6 Å². The number of thiazole rings is 1. The lowest BCUT2D eigenvalue weighted by atomic mass is 9.83. The van der Waals surface area contributed by atoms with Gasteiger partial charge in [-0.3, -0.25) is 0 Å². The highest BCUT2D eigenvalue weighted by Crippen LogP contribution is 2.38. The number of aromatic nitrogens is 1. The second-order valence-electron chi connectivity index (χ2n) is 5.13. The normalized spacial score (nSPS) is 16.5. The van der Waals surface area contributed by atoms with Crippen LogP contribution in [-0.4, -0.2) is 12.1 Å². The minimum atomic E-state index is 0.721. The summed E-state index contributed by atoms with van der Waals surface area (Å²) in [5, 5.41) is 3.07. The molecule has 3 heteroatoms. The number of benzene rings is 1. The predicted molar refractivity (Wildman–Crippen MR) is 79.9 cm³/mol. The van der Waals surface area contributed by atoms with Crippen molar-refractivity contribution in [2.45, 2.75) is 38.0 Å². The molecule has 0 N–H and O–H groups in total. The topological polar surface area (TPSA) is 22.1 Å². The Labute approximate surface area is 118 Å². The van der Waals surface area contributed by atoms with Crippen molar-refractivity contribution >= 4 is 11.3 Å². The molecule has 0 unspecified atom stereocenters. The van der Waals surface area contributed by atoms with E-state index in [-0.39, 0.29) is 0 Å². The largest absolute Gasteiger partial charge is 0.496 e. The molecule has 0 bridgehead atoms. The third-order valence-corrected chi connectivity index (χ3v) is 4.77. The highest BCUT2D eigenvalue weighted by atomic mass is 32.1. The van der Waals surface area contributed by atoms with E-state index in [0.29, 0.717) is 0 Å². The quantitative estimate of drug-likeness (QED) is 0.796. The Bertz CT molecular complexity index is 530. The maximum atomic E-state index is 5.48. The summed E-state index contributed by atoms with van der Waals surface area (Å²) in [6.45, 7) is 0. The first-order valence-corrected chi connectivity index (χ1v) is 7.84. The molecule has 1 fully saturated rings. The standard InChI is InChI=1S/C16H19NOS/c1-18-15-8-7-13(12-5-3-2-4-6-12)11-14(15)16-17-9-10-19-16/h7-12H,2-6H2,1H3. The Morgan fingerprint density at radius 3 is 2.74 bits per heavy atom. The third kappa shape index (κ3) is 2.66. The van der Waals surface area contributed by atoms with Crippen molar-refractivity contribution in [3.8, 4) is 16.3 Å². The Hall–Kier alpha value is -1.35. The van der Waals surface area contributed by atoms with Crippen LogP contribution >= 0.6 is 11.3 Å². The fourth-order valence-corrected chi connectivity index (χ4v) is 3.60. The van der Waals surface area contributed by atoms with Crippen LogP contribution in [0.5, 0.6) is 5.75 Å². The van der Waals surface area contributed by atoms with Crippen LogP contribution in [0.25, 0.3) is 10.6 Å². The van der Waals surface area contributed by atoms with E-state index in [0.717, 1.165) is 22.2 Å². The summed E-state index contributed by atoms with van der Waals surface area (Å²) in [6.07, 6.45) is 8.62. The summed E-state index contributed by atoms with van der Waals surface area (Å²) >= 11 is 1.67. The number of ether oxygens (including phenoxy) is 1. The summed E-state index contributed by atoms with van der Waals surface area (Å²) in [7, 11) is 1.73. The first-order valence-electron chi connectivity index (χ1n) is 6.96. The average molecular weight is 273 g/mol. The fourth-order valence-electron chi connectivity index (χ4n) is 2.94. The lowest BCUT2D eigenvalue weighted by molar-refractivity contribution is 0.414. The minimum absolute atomic E-state index is 0.721. The zero-order valence-corrected chi connectivity index (χ0v) is 12.1. The van der Waals surface area contributed by atoms with Crippen molar-refractivity contribution in [2.75, 3.05) is 7.11 Å². The van der Waals surface area contributed by atoms with E-state index in [9.17, 15) is 0 Å². The van der Waals surface area contributed by atoms with Crippen LogP contribution in [0.1, 0.15) is 43.6 Å².